The monoisotopic (exact) mass is 852 g/mol. The largest absolute Gasteiger partial charge is 0.505 e. The van der Waals surface area contributed by atoms with Gasteiger partial charge in [-0.05, 0) is 92.0 Å². The topological polar surface area (TPSA) is 246 Å². The summed E-state index contributed by atoms with van der Waals surface area (Å²) in [5, 5.41) is 18.7. The van der Waals surface area contributed by atoms with Gasteiger partial charge in [-0.25, -0.2) is 16.8 Å². The summed E-state index contributed by atoms with van der Waals surface area (Å²) in [6, 6.07) is 27.7. The number of aryl methyl sites for hydroxylation is 1. The average Bonchev–Trinajstić information content (AvgIpc) is 3.15. The van der Waals surface area contributed by atoms with Crippen molar-refractivity contribution in [2.24, 2.45) is 10.2 Å². The average molecular weight is 853 g/mol. The molecule has 0 aliphatic carbocycles. The Morgan fingerprint density at radius 3 is 1.89 bits per heavy atom. The number of hydrogen-bond acceptors (Lipinski definition) is 12. The number of para-hydroxylation sites is 2. The Morgan fingerprint density at radius 1 is 0.684 bits per heavy atom. The van der Waals surface area contributed by atoms with Crippen molar-refractivity contribution in [1.29, 1.82) is 0 Å². The summed E-state index contributed by atoms with van der Waals surface area (Å²) in [6.45, 7) is 3.37. The summed E-state index contributed by atoms with van der Waals surface area (Å²) >= 11 is 0. The predicted octanol–water partition coefficient (Wildman–Crippen LogP) is 7.57. The maximum Gasteiger partial charge on any atom is 0.296 e. The zero-order chi connectivity index (χ0) is 41.3. The van der Waals surface area contributed by atoms with Crippen LogP contribution in [0.1, 0.15) is 12.5 Å². The molecule has 0 unspecified atom stereocenters. The molecule has 0 fully saturated rings. The van der Waals surface area contributed by atoms with Crippen LogP contribution in [0.25, 0.3) is 10.8 Å². The van der Waals surface area contributed by atoms with E-state index in [2.05, 4.69) is 15.0 Å². The number of sulfonamides is 2. The lowest BCUT2D eigenvalue weighted by Crippen LogP contribution is -2.30. The Hall–Kier alpha value is -5.90. The van der Waals surface area contributed by atoms with Crippen LogP contribution in [0.2, 0.25) is 0 Å². The summed E-state index contributed by atoms with van der Waals surface area (Å²) in [5.41, 5.74) is -0.820. The molecule has 0 radical (unpaired) electrons. The van der Waals surface area contributed by atoms with E-state index in [1.807, 2.05) is 0 Å². The van der Waals surface area contributed by atoms with E-state index in [-0.39, 0.29) is 33.5 Å². The molecule has 0 amide bonds. The molecule has 0 heterocycles. The second-order valence-electron chi connectivity index (χ2n) is 12.3. The van der Waals surface area contributed by atoms with E-state index in [1.165, 1.54) is 36.4 Å². The van der Waals surface area contributed by atoms with E-state index in [4.69, 9.17) is 4.74 Å². The molecule has 0 saturated carbocycles. The second-order valence-corrected chi connectivity index (χ2v) is 18.6. The van der Waals surface area contributed by atoms with Crippen LogP contribution < -0.4 is 13.8 Å². The fourth-order valence-electron chi connectivity index (χ4n) is 5.66. The number of aromatic hydroxyl groups is 1. The zero-order valence-corrected chi connectivity index (χ0v) is 33.0. The second kappa shape index (κ2) is 15.6. The summed E-state index contributed by atoms with van der Waals surface area (Å²) in [6.07, 6.45) is 0. The van der Waals surface area contributed by atoms with Crippen molar-refractivity contribution in [1.82, 2.24) is 0 Å². The first-order chi connectivity index (χ1) is 26.8. The molecule has 6 aromatic carbocycles. The van der Waals surface area contributed by atoms with Gasteiger partial charge in [-0.3, -0.25) is 18.1 Å². The normalized spacial score (nSPS) is 12.5. The fraction of sp³-hybridized carbons (Fsp3) is 0.0811. The molecule has 296 valence electrons. The van der Waals surface area contributed by atoms with Crippen molar-refractivity contribution in [3.8, 4) is 17.2 Å². The number of azo groups is 1. The van der Waals surface area contributed by atoms with E-state index in [1.54, 1.807) is 74.5 Å². The molecule has 16 nitrogen and oxygen atoms in total. The number of phenols is 1. The Morgan fingerprint density at radius 2 is 1.30 bits per heavy atom. The highest BCUT2D eigenvalue weighted by Gasteiger charge is 2.28. The molecule has 4 N–H and O–H groups in total. The number of fused-ring (bicyclic) bond motifs is 1. The number of ether oxygens (including phenoxy) is 1. The van der Waals surface area contributed by atoms with Crippen molar-refractivity contribution in [3.05, 3.63) is 127 Å². The summed E-state index contributed by atoms with van der Waals surface area (Å²) in [7, 11) is -19.2. The molecular formula is C37H32N4O12S4. The van der Waals surface area contributed by atoms with E-state index in [0.29, 0.717) is 17.8 Å². The van der Waals surface area contributed by atoms with Crippen LogP contribution in [0.4, 0.5) is 22.7 Å². The third-order valence-electron chi connectivity index (χ3n) is 8.35. The van der Waals surface area contributed by atoms with Crippen LogP contribution >= 0.6 is 0 Å². The van der Waals surface area contributed by atoms with E-state index < -0.39 is 78.0 Å². The predicted molar refractivity (Wildman–Crippen MR) is 211 cm³/mol. The van der Waals surface area contributed by atoms with E-state index >= 15 is 0 Å². The number of nitrogens with one attached hydrogen (secondary N) is 1. The van der Waals surface area contributed by atoms with Gasteiger partial charge in [-0.1, -0.05) is 54.1 Å². The van der Waals surface area contributed by atoms with Crippen molar-refractivity contribution in [3.63, 3.8) is 0 Å². The smallest absolute Gasteiger partial charge is 0.296 e. The van der Waals surface area contributed by atoms with Crippen LogP contribution in [0.15, 0.2) is 151 Å². The van der Waals surface area contributed by atoms with Crippen molar-refractivity contribution in [2.45, 2.75) is 33.4 Å². The lowest BCUT2D eigenvalue weighted by Gasteiger charge is -2.23. The summed E-state index contributed by atoms with van der Waals surface area (Å²) in [5.74, 6) is -0.899. The van der Waals surface area contributed by atoms with Crippen LogP contribution in [-0.2, 0) is 40.3 Å². The molecule has 0 spiro atoms. The number of rotatable bonds is 13. The highest BCUT2D eigenvalue weighted by atomic mass is 32.2. The Labute approximate surface area is 328 Å². The molecule has 57 heavy (non-hydrogen) atoms. The number of nitrogens with zero attached hydrogens (tertiary/aromatic N) is 3. The molecule has 6 rings (SSSR count). The van der Waals surface area contributed by atoms with Gasteiger partial charge in [0.15, 0.2) is 11.5 Å². The molecule has 20 heteroatoms. The first-order valence-corrected chi connectivity index (χ1v) is 22.3. The molecule has 0 aliphatic heterocycles. The van der Waals surface area contributed by atoms with Gasteiger partial charge in [0.2, 0.25) is 0 Å². The quantitative estimate of drug-likeness (QED) is 0.0649. The minimum Gasteiger partial charge on any atom is -0.505 e. The van der Waals surface area contributed by atoms with E-state index in [9.17, 15) is 47.9 Å². The highest BCUT2D eigenvalue weighted by molar-refractivity contribution is 7.93. The van der Waals surface area contributed by atoms with Crippen LogP contribution in [-0.4, -0.2) is 54.4 Å². The first kappa shape index (κ1) is 40.8. The summed E-state index contributed by atoms with van der Waals surface area (Å²) in [4.78, 5) is -2.58. The third kappa shape index (κ3) is 8.75. The molecule has 0 aromatic heterocycles. The zero-order valence-electron chi connectivity index (χ0n) is 29.7. The molecule has 0 aliphatic rings. The molecule has 0 atom stereocenters. The first-order valence-electron chi connectivity index (χ1n) is 16.5. The lowest BCUT2D eigenvalue weighted by atomic mass is 10.1. The van der Waals surface area contributed by atoms with Crippen molar-refractivity contribution >= 4 is 73.8 Å². The SMILES string of the molecule is CCN(c1ccccc1)S(=O)(=O)c1ccc(Oc2ccccc2)c(N=Nc2c(S(=O)(=O)O)cc3cc(S(=O)(=O)O)cc(NS(=O)(=O)c4ccc(C)cc4)c3c2O)c1. The molecular weight excluding hydrogens is 821 g/mol. The van der Waals surface area contributed by atoms with Crippen LogP contribution in [0.5, 0.6) is 17.2 Å². The molecule has 0 saturated heterocycles. The standard InChI is InChI=1S/C37H32N4O12S4/c1-3-41(26-10-6-4-7-11-26)55(45,46)29-18-19-33(53-27-12-8-5-9-13-27)31(22-29)38-39-36-34(57(50,51)52)21-25-20-30(56(47,48)49)23-32(35(25)37(36)42)40-54(43,44)28-16-14-24(2)15-17-28/h4-23,40,42H,3H2,1-2H3,(H,47,48,49)(H,50,51,52). The molecule has 0 bridgehead atoms. The summed E-state index contributed by atoms with van der Waals surface area (Å²) < 4.78 is 134. The maximum absolute atomic E-state index is 14.0. The Kier molecular flexibility index (Phi) is 11.1. The maximum atomic E-state index is 14.0. The molecule has 6 aromatic rings. The van der Waals surface area contributed by atoms with Crippen molar-refractivity contribution in [2.75, 3.05) is 15.6 Å². The van der Waals surface area contributed by atoms with Gasteiger partial charge in [0.05, 0.1) is 31.4 Å². The Bertz CT molecular complexity index is 2980. The van der Waals surface area contributed by atoms with Crippen LogP contribution in [0.3, 0.4) is 0 Å². The highest BCUT2D eigenvalue weighted by Crippen LogP contribution is 2.46. The van der Waals surface area contributed by atoms with Gasteiger partial charge in [-0.15, -0.1) is 10.2 Å². The van der Waals surface area contributed by atoms with Gasteiger partial charge < -0.3 is 9.84 Å². The van der Waals surface area contributed by atoms with Gasteiger partial charge >= 0.3 is 0 Å². The minimum absolute atomic E-state index is 0.0312. The van der Waals surface area contributed by atoms with Gasteiger partial charge in [0.25, 0.3) is 40.3 Å². The van der Waals surface area contributed by atoms with Gasteiger partial charge in [0.1, 0.15) is 22.0 Å². The lowest BCUT2D eigenvalue weighted by molar-refractivity contribution is 0.472. The minimum atomic E-state index is -5.33. The van der Waals surface area contributed by atoms with Crippen molar-refractivity contribution < 1.29 is 52.6 Å². The number of phenolic OH excluding ortho intramolecular Hbond substituents is 1. The van der Waals surface area contributed by atoms with Gasteiger partial charge in [0, 0.05) is 6.54 Å². The number of hydrogen-bond donors (Lipinski definition) is 4. The Balaban J connectivity index is 1.57. The fourth-order valence-corrected chi connectivity index (χ4v) is 9.42. The van der Waals surface area contributed by atoms with Gasteiger partial charge in [-0.2, -0.15) is 16.8 Å². The van der Waals surface area contributed by atoms with Crippen LogP contribution in [0, 0.1) is 6.92 Å². The number of anilines is 2. The third-order valence-corrected chi connectivity index (χ3v) is 13.3. The van der Waals surface area contributed by atoms with E-state index in [0.717, 1.165) is 22.0 Å². The number of benzene rings is 6.